The molecule has 3 rings (SSSR count). The highest BCUT2D eigenvalue weighted by Gasteiger charge is 2.34. The zero-order valence-corrected chi connectivity index (χ0v) is 12.4. The summed E-state index contributed by atoms with van der Waals surface area (Å²) >= 11 is 0. The van der Waals surface area contributed by atoms with E-state index in [-0.39, 0.29) is 6.61 Å². The fourth-order valence-electron chi connectivity index (χ4n) is 3.62. The van der Waals surface area contributed by atoms with Crippen LogP contribution in [0.25, 0.3) is 0 Å². The number of aryl methyl sites for hydroxylation is 1. The van der Waals surface area contributed by atoms with Gasteiger partial charge in [0.25, 0.3) is 0 Å². The van der Waals surface area contributed by atoms with E-state index in [2.05, 4.69) is 26.8 Å². The van der Waals surface area contributed by atoms with Crippen LogP contribution in [0, 0.1) is 12.8 Å². The Morgan fingerprint density at radius 1 is 1.35 bits per heavy atom. The van der Waals surface area contributed by atoms with Crippen molar-refractivity contribution in [2.45, 2.75) is 38.8 Å². The van der Waals surface area contributed by atoms with Crippen molar-refractivity contribution in [1.82, 2.24) is 14.9 Å². The lowest BCUT2D eigenvalue weighted by Crippen LogP contribution is -2.53. The quantitative estimate of drug-likeness (QED) is 0.879. The number of hydrogen-bond donors (Lipinski definition) is 1. The minimum atomic E-state index is 0.0155. The highest BCUT2D eigenvalue weighted by molar-refractivity contribution is 5.34. The van der Waals surface area contributed by atoms with Gasteiger partial charge < -0.3 is 14.9 Å². The van der Waals surface area contributed by atoms with E-state index in [1.807, 2.05) is 6.92 Å². The zero-order valence-electron chi connectivity index (χ0n) is 12.4. The molecule has 0 bridgehead atoms. The maximum Gasteiger partial charge on any atom is 0.225 e. The van der Waals surface area contributed by atoms with Crippen LogP contribution in [0.2, 0.25) is 0 Å². The standard InChI is InChI=1S/C15H24N4O/c1-11-13(10-20)8-16-15(17-11)19-7-5-14-12(9-19)4-3-6-18(14)2/h8,12,14,20H,3-7,9-10H2,1-2H3. The predicted octanol–water partition coefficient (Wildman–Crippen LogP) is 1.20. The molecule has 1 aromatic rings. The Hall–Kier alpha value is -1.20. The summed E-state index contributed by atoms with van der Waals surface area (Å²) in [7, 11) is 2.25. The lowest BCUT2D eigenvalue weighted by atomic mass is 9.84. The normalized spacial score (nSPS) is 27.4. The Kier molecular flexibility index (Phi) is 3.89. The van der Waals surface area contributed by atoms with E-state index in [1.165, 1.54) is 25.8 Å². The molecule has 1 N–H and O–H groups in total. The van der Waals surface area contributed by atoms with Gasteiger partial charge in [0.1, 0.15) is 0 Å². The Bertz CT molecular complexity index is 479. The molecule has 2 unspecified atom stereocenters. The number of hydrogen-bond acceptors (Lipinski definition) is 5. The van der Waals surface area contributed by atoms with Crippen molar-refractivity contribution in [2.24, 2.45) is 5.92 Å². The molecule has 5 heteroatoms. The number of anilines is 1. The second-order valence-electron chi connectivity index (χ2n) is 6.12. The fraction of sp³-hybridized carbons (Fsp3) is 0.733. The van der Waals surface area contributed by atoms with Gasteiger partial charge in [0.2, 0.25) is 5.95 Å². The van der Waals surface area contributed by atoms with Crippen LogP contribution in [-0.4, -0.2) is 52.7 Å². The average Bonchev–Trinajstić information content (AvgIpc) is 2.47. The van der Waals surface area contributed by atoms with Crippen LogP contribution < -0.4 is 4.90 Å². The van der Waals surface area contributed by atoms with Crippen molar-refractivity contribution < 1.29 is 5.11 Å². The monoisotopic (exact) mass is 276 g/mol. The number of fused-ring (bicyclic) bond motifs is 1. The van der Waals surface area contributed by atoms with Crippen LogP contribution in [0.4, 0.5) is 5.95 Å². The summed E-state index contributed by atoms with van der Waals surface area (Å²) in [6, 6.07) is 0.734. The van der Waals surface area contributed by atoms with Gasteiger partial charge in [0, 0.05) is 36.6 Å². The molecule has 0 radical (unpaired) electrons. The van der Waals surface area contributed by atoms with E-state index in [1.54, 1.807) is 6.20 Å². The smallest absolute Gasteiger partial charge is 0.225 e. The molecule has 2 saturated heterocycles. The van der Waals surface area contributed by atoms with Crippen LogP contribution >= 0.6 is 0 Å². The van der Waals surface area contributed by atoms with E-state index >= 15 is 0 Å². The van der Waals surface area contributed by atoms with Crippen molar-refractivity contribution in [3.05, 3.63) is 17.5 Å². The third-order valence-electron chi connectivity index (χ3n) is 4.87. The van der Waals surface area contributed by atoms with Crippen LogP contribution in [0.3, 0.4) is 0 Å². The molecule has 0 saturated carbocycles. The van der Waals surface area contributed by atoms with Crippen molar-refractivity contribution in [1.29, 1.82) is 0 Å². The van der Waals surface area contributed by atoms with Crippen LogP contribution in [0.5, 0.6) is 0 Å². The third kappa shape index (κ3) is 2.52. The lowest BCUT2D eigenvalue weighted by molar-refractivity contribution is 0.102. The first kappa shape index (κ1) is 13.8. The van der Waals surface area contributed by atoms with Gasteiger partial charge in [-0.3, -0.25) is 0 Å². The second kappa shape index (κ2) is 5.66. The molecule has 1 aromatic heterocycles. The van der Waals surface area contributed by atoms with E-state index in [9.17, 15) is 5.11 Å². The Labute approximate surface area is 120 Å². The molecule has 2 atom stereocenters. The fourth-order valence-corrected chi connectivity index (χ4v) is 3.62. The SMILES string of the molecule is Cc1nc(N2CCC3C(CCCN3C)C2)ncc1CO. The molecule has 3 heterocycles. The summed E-state index contributed by atoms with van der Waals surface area (Å²) in [5, 5.41) is 9.20. The molecular weight excluding hydrogens is 252 g/mol. The molecule has 110 valence electrons. The van der Waals surface area contributed by atoms with Gasteiger partial charge in [-0.2, -0.15) is 0 Å². The van der Waals surface area contributed by atoms with Crippen LogP contribution in [0.15, 0.2) is 6.20 Å². The van der Waals surface area contributed by atoms with Crippen molar-refractivity contribution in [3.8, 4) is 0 Å². The van der Waals surface area contributed by atoms with E-state index < -0.39 is 0 Å². The van der Waals surface area contributed by atoms with Gasteiger partial charge in [-0.05, 0) is 45.7 Å². The molecule has 5 nitrogen and oxygen atoms in total. The number of piperidine rings is 2. The molecule has 0 aromatic carbocycles. The van der Waals surface area contributed by atoms with E-state index in [4.69, 9.17) is 0 Å². The van der Waals surface area contributed by atoms with Gasteiger partial charge in [-0.1, -0.05) is 0 Å². The minimum Gasteiger partial charge on any atom is -0.392 e. The first-order valence-electron chi connectivity index (χ1n) is 7.57. The molecule has 2 fully saturated rings. The summed E-state index contributed by atoms with van der Waals surface area (Å²) in [5.41, 5.74) is 1.71. The van der Waals surface area contributed by atoms with Gasteiger partial charge >= 0.3 is 0 Å². The molecule has 20 heavy (non-hydrogen) atoms. The number of aliphatic hydroxyl groups is 1. The predicted molar refractivity (Wildman–Crippen MR) is 78.7 cm³/mol. The van der Waals surface area contributed by atoms with Crippen LogP contribution in [-0.2, 0) is 6.61 Å². The number of aromatic nitrogens is 2. The zero-order chi connectivity index (χ0) is 14.1. The van der Waals surface area contributed by atoms with Crippen molar-refractivity contribution in [3.63, 3.8) is 0 Å². The van der Waals surface area contributed by atoms with E-state index in [0.29, 0.717) is 0 Å². The molecule has 0 amide bonds. The van der Waals surface area contributed by atoms with Crippen molar-refractivity contribution in [2.75, 3.05) is 31.6 Å². The van der Waals surface area contributed by atoms with Gasteiger partial charge in [-0.25, -0.2) is 9.97 Å². The van der Waals surface area contributed by atoms with Crippen molar-refractivity contribution >= 4 is 5.95 Å². The molecule has 2 aliphatic heterocycles. The highest BCUT2D eigenvalue weighted by atomic mass is 16.3. The maximum atomic E-state index is 9.20. The first-order chi connectivity index (χ1) is 9.69. The lowest BCUT2D eigenvalue weighted by Gasteiger charge is -2.46. The highest BCUT2D eigenvalue weighted by Crippen LogP contribution is 2.30. The maximum absolute atomic E-state index is 9.20. The number of rotatable bonds is 2. The summed E-state index contributed by atoms with van der Waals surface area (Å²) in [4.78, 5) is 13.8. The van der Waals surface area contributed by atoms with Gasteiger partial charge in [0.05, 0.1) is 6.61 Å². The third-order valence-corrected chi connectivity index (χ3v) is 4.87. The Balaban J connectivity index is 1.74. The minimum absolute atomic E-state index is 0.0155. The molecule has 0 aliphatic carbocycles. The van der Waals surface area contributed by atoms with E-state index in [0.717, 1.165) is 42.3 Å². The van der Waals surface area contributed by atoms with Gasteiger partial charge in [0.15, 0.2) is 0 Å². The van der Waals surface area contributed by atoms with Gasteiger partial charge in [-0.15, -0.1) is 0 Å². The summed E-state index contributed by atoms with van der Waals surface area (Å²) < 4.78 is 0. The summed E-state index contributed by atoms with van der Waals surface area (Å²) in [6.45, 7) is 5.29. The number of aliphatic hydroxyl groups excluding tert-OH is 1. The number of likely N-dealkylation sites (tertiary alicyclic amines) is 1. The topological polar surface area (TPSA) is 52.5 Å². The Morgan fingerprint density at radius 2 is 2.20 bits per heavy atom. The molecule has 0 spiro atoms. The second-order valence-corrected chi connectivity index (χ2v) is 6.12. The number of nitrogens with zero attached hydrogens (tertiary/aromatic N) is 4. The molecular formula is C15H24N4O. The largest absolute Gasteiger partial charge is 0.392 e. The average molecular weight is 276 g/mol. The molecule has 2 aliphatic rings. The first-order valence-corrected chi connectivity index (χ1v) is 7.57. The summed E-state index contributed by atoms with van der Waals surface area (Å²) in [6.07, 6.45) is 5.58. The summed E-state index contributed by atoms with van der Waals surface area (Å²) in [5.74, 6) is 1.57. The van der Waals surface area contributed by atoms with Crippen LogP contribution in [0.1, 0.15) is 30.5 Å². The Morgan fingerprint density at radius 3 is 2.95 bits per heavy atom.